The first-order chi connectivity index (χ1) is 4.80. The Kier molecular flexibility index (Phi) is 2.55. The molecule has 0 aromatic carbocycles. The maximum atomic E-state index is 10.1. The van der Waals surface area contributed by atoms with Crippen LogP contribution in [0, 0.1) is 0 Å². The first-order valence-corrected chi connectivity index (χ1v) is 2.66. The molecular formula is C5H8O6. The monoisotopic (exact) mass is 164 g/mol. The molecule has 0 radical (unpaired) electrons. The van der Waals surface area contributed by atoms with Gasteiger partial charge in [-0.1, -0.05) is 0 Å². The molecule has 0 saturated carbocycles. The molecule has 6 heteroatoms. The highest BCUT2D eigenvalue weighted by Crippen LogP contribution is 2.09. The number of carboxylic acids is 2. The van der Waals surface area contributed by atoms with Crippen LogP contribution in [0.3, 0.4) is 0 Å². The number of hydrogen-bond acceptors (Lipinski definition) is 4. The molecule has 0 fully saturated rings. The molecule has 0 aliphatic rings. The standard InChI is InChI=1S/C5H8O6/c1-5(11,4(9)10)2(6)3(7)8/h2,6,11H,1H3,(H,7,8)(H,9,10)/t2-,5?/m0/s1. The number of aliphatic carboxylic acids is 2. The Morgan fingerprint density at radius 1 is 1.36 bits per heavy atom. The van der Waals surface area contributed by atoms with Gasteiger partial charge in [-0.05, 0) is 6.92 Å². The molecule has 0 rings (SSSR count). The first-order valence-electron chi connectivity index (χ1n) is 2.66. The van der Waals surface area contributed by atoms with E-state index in [1.165, 1.54) is 0 Å². The van der Waals surface area contributed by atoms with E-state index in [1.807, 2.05) is 0 Å². The summed E-state index contributed by atoms with van der Waals surface area (Å²) in [6.45, 7) is 0.703. The lowest BCUT2D eigenvalue weighted by Gasteiger charge is -2.20. The lowest BCUT2D eigenvalue weighted by atomic mass is 10.00. The van der Waals surface area contributed by atoms with E-state index in [2.05, 4.69) is 0 Å². The predicted molar refractivity (Wildman–Crippen MR) is 31.9 cm³/mol. The minimum Gasteiger partial charge on any atom is -0.479 e. The van der Waals surface area contributed by atoms with Crippen molar-refractivity contribution >= 4 is 11.9 Å². The third-order valence-corrected chi connectivity index (χ3v) is 1.20. The van der Waals surface area contributed by atoms with Gasteiger partial charge in [0.1, 0.15) is 0 Å². The number of aliphatic hydroxyl groups is 2. The van der Waals surface area contributed by atoms with Crippen LogP contribution in [0.5, 0.6) is 0 Å². The Balaban J connectivity index is 4.55. The maximum absolute atomic E-state index is 10.1. The molecule has 0 bridgehead atoms. The topological polar surface area (TPSA) is 115 Å². The molecule has 64 valence electrons. The summed E-state index contributed by atoms with van der Waals surface area (Å²) < 4.78 is 0. The van der Waals surface area contributed by atoms with Crippen molar-refractivity contribution in [3.63, 3.8) is 0 Å². The van der Waals surface area contributed by atoms with Crippen molar-refractivity contribution in [1.82, 2.24) is 0 Å². The van der Waals surface area contributed by atoms with Gasteiger partial charge in [0.25, 0.3) is 0 Å². The van der Waals surface area contributed by atoms with Gasteiger partial charge in [0, 0.05) is 0 Å². The van der Waals surface area contributed by atoms with Crippen LogP contribution in [0.2, 0.25) is 0 Å². The predicted octanol–water partition coefficient (Wildman–Crippen LogP) is -1.73. The number of hydrogen-bond donors (Lipinski definition) is 4. The lowest BCUT2D eigenvalue weighted by molar-refractivity contribution is -0.180. The molecule has 0 amide bonds. The molecule has 0 saturated heterocycles. The number of carboxylic acid groups (broad SMARTS) is 2. The Labute approximate surface area is 61.7 Å². The summed E-state index contributed by atoms with van der Waals surface area (Å²) >= 11 is 0. The third kappa shape index (κ3) is 1.89. The zero-order valence-electron chi connectivity index (χ0n) is 5.68. The highest BCUT2D eigenvalue weighted by molar-refractivity contribution is 5.86. The summed E-state index contributed by atoms with van der Waals surface area (Å²) in [5.41, 5.74) is -2.65. The van der Waals surface area contributed by atoms with Gasteiger partial charge in [-0.25, -0.2) is 9.59 Å². The van der Waals surface area contributed by atoms with Crippen LogP contribution in [0.4, 0.5) is 0 Å². The molecule has 0 aliphatic heterocycles. The van der Waals surface area contributed by atoms with Crippen molar-refractivity contribution < 1.29 is 30.0 Å². The average molecular weight is 164 g/mol. The second kappa shape index (κ2) is 2.85. The Morgan fingerprint density at radius 2 is 1.73 bits per heavy atom. The fourth-order valence-corrected chi connectivity index (χ4v) is 0.357. The summed E-state index contributed by atoms with van der Waals surface area (Å²) in [4.78, 5) is 20.1. The fourth-order valence-electron chi connectivity index (χ4n) is 0.357. The Morgan fingerprint density at radius 3 is 1.82 bits per heavy atom. The summed E-state index contributed by atoms with van der Waals surface area (Å²) in [6.07, 6.45) is -2.32. The zero-order chi connectivity index (χ0) is 9.23. The first kappa shape index (κ1) is 9.86. The molecular weight excluding hydrogens is 156 g/mol. The SMILES string of the molecule is CC(O)(C(=O)O)[C@@H](O)C(=O)O. The smallest absolute Gasteiger partial charge is 0.338 e. The Hall–Kier alpha value is -1.14. The molecule has 0 aromatic rings. The van der Waals surface area contributed by atoms with Crippen molar-refractivity contribution in [3.05, 3.63) is 0 Å². The summed E-state index contributed by atoms with van der Waals surface area (Å²) in [7, 11) is 0. The summed E-state index contributed by atoms with van der Waals surface area (Å²) in [5.74, 6) is -3.56. The summed E-state index contributed by atoms with van der Waals surface area (Å²) in [6, 6.07) is 0. The van der Waals surface area contributed by atoms with Gasteiger partial charge in [-0.15, -0.1) is 0 Å². The maximum Gasteiger partial charge on any atom is 0.338 e. The quantitative estimate of drug-likeness (QED) is 0.394. The van der Waals surface area contributed by atoms with Crippen LogP contribution in [-0.2, 0) is 9.59 Å². The van der Waals surface area contributed by atoms with E-state index in [4.69, 9.17) is 20.4 Å². The van der Waals surface area contributed by atoms with Crippen molar-refractivity contribution in [2.75, 3.05) is 0 Å². The van der Waals surface area contributed by atoms with E-state index in [0.29, 0.717) is 6.92 Å². The van der Waals surface area contributed by atoms with E-state index in [1.54, 1.807) is 0 Å². The molecule has 0 aliphatic carbocycles. The van der Waals surface area contributed by atoms with Gasteiger partial charge in [-0.3, -0.25) is 0 Å². The van der Waals surface area contributed by atoms with Crippen molar-refractivity contribution in [1.29, 1.82) is 0 Å². The van der Waals surface area contributed by atoms with Crippen molar-refractivity contribution in [3.8, 4) is 0 Å². The third-order valence-electron chi connectivity index (χ3n) is 1.20. The van der Waals surface area contributed by atoms with Crippen molar-refractivity contribution in [2.24, 2.45) is 0 Å². The van der Waals surface area contributed by atoms with Gasteiger partial charge >= 0.3 is 11.9 Å². The average Bonchev–Trinajstić information content (AvgIpc) is 1.85. The molecule has 4 N–H and O–H groups in total. The van der Waals surface area contributed by atoms with Crippen LogP contribution >= 0.6 is 0 Å². The largest absolute Gasteiger partial charge is 0.479 e. The molecule has 1 unspecified atom stereocenters. The number of aliphatic hydroxyl groups excluding tert-OH is 1. The second-order valence-electron chi connectivity index (χ2n) is 2.19. The van der Waals surface area contributed by atoms with Crippen LogP contribution in [-0.4, -0.2) is 44.1 Å². The van der Waals surface area contributed by atoms with Crippen molar-refractivity contribution in [2.45, 2.75) is 18.6 Å². The molecule has 0 heterocycles. The highest BCUT2D eigenvalue weighted by atomic mass is 16.4. The van der Waals surface area contributed by atoms with Crippen LogP contribution in [0.1, 0.15) is 6.92 Å². The zero-order valence-corrected chi connectivity index (χ0v) is 5.68. The van der Waals surface area contributed by atoms with Crippen LogP contribution in [0.25, 0.3) is 0 Å². The van der Waals surface area contributed by atoms with Gasteiger partial charge in [0.05, 0.1) is 0 Å². The van der Waals surface area contributed by atoms with Gasteiger partial charge in [-0.2, -0.15) is 0 Å². The molecule has 6 nitrogen and oxygen atoms in total. The van der Waals surface area contributed by atoms with Crippen LogP contribution < -0.4 is 0 Å². The lowest BCUT2D eigenvalue weighted by Crippen LogP contribution is -2.50. The Bertz CT molecular complexity index is 183. The van der Waals surface area contributed by atoms with E-state index < -0.39 is 23.6 Å². The van der Waals surface area contributed by atoms with Gasteiger partial charge in [0.2, 0.25) is 0 Å². The second-order valence-corrected chi connectivity index (χ2v) is 2.19. The van der Waals surface area contributed by atoms with E-state index >= 15 is 0 Å². The van der Waals surface area contributed by atoms with E-state index in [0.717, 1.165) is 0 Å². The minimum absolute atomic E-state index is 0.703. The fraction of sp³-hybridized carbons (Fsp3) is 0.600. The number of rotatable bonds is 3. The van der Waals surface area contributed by atoms with E-state index in [9.17, 15) is 9.59 Å². The molecule has 11 heavy (non-hydrogen) atoms. The van der Waals surface area contributed by atoms with E-state index in [-0.39, 0.29) is 0 Å². The minimum atomic E-state index is -2.65. The molecule has 2 atom stereocenters. The van der Waals surface area contributed by atoms with Gasteiger partial charge < -0.3 is 20.4 Å². The van der Waals surface area contributed by atoms with Gasteiger partial charge in [0.15, 0.2) is 11.7 Å². The normalized spacial score (nSPS) is 18.5. The van der Waals surface area contributed by atoms with Crippen LogP contribution in [0.15, 0.2) is 0 Å². The number of carbonyl (C=O) groups is 2. The summed E-state index contributed by atoms with van der Waals surface area (Å²) in [5, 5.41) is 33.7. The molecule has 0 aromatic heterocycles. The highest BCUT2D eigenvalue weighted by Gasteiger charge is 2.43. The molecule has 0 spiro atoms.